The molecule has 1 aromatic heterocycles. The zero-order valence-corrected chi connectivity index (χ0v) is 13.1. The molecule has 5 nitrogen and oxygen atoms in total. The molecule has 4 N–H and O–H groups in total. The van der Waals surface area contributed by atoms with Gasteiger partial charge in [-0.15, -0.1) is 0 Å². The number of rotatable bonds is 4. The van der Waals surface area contributed by atoms with E-state index >= 15 is 0 Å². The fraction of sp³-hybridized carbons (Fsp3) is 0.231. The van der Waals surface area contributed by atoms with Crippen LogP contribution in [0.3, 0.4) is 0 Å². The highest BCUT2D eigenvalue weighted by Crippen LogP contribution is 2.31. The van der Waals surface area contributed by atoms with Crippen LogP contribution in [0.5, 0.6) is 0 Å². The molecule has 1 aliphatic carbocycles. The maximum Gasteiger partial charge on any atom is 0.269 e. The summed E-state index contributed by atoms with van der Waals surface area (Å²) in [7, 11) is 0. The largest absolute Gasteiger partial charge is 0.382 e. The number of benzene rings is 1. The minimum atomic E-state index is -0.313. The first kappa shape index (κ1) is 14.4. The lowest BCUT2D eigenvalue weighted by Crippen LogP contribution is -2.12. The second-order valence-corrected chi connectivity index (χ2v) is 6.55. The molecule has 1 amide bonds. The van der Waals surface area contributed by atoms with Crippen LogP contribution in [-0.2, 0) is 0 Å². The van der Waals surface area contributed by atoms with Gasteiger partial charge in [0.2, 0.25) is 0 Å². The molecule has 0 saturated heterocycles. The summed E-state index contributed by atoms with van der Waals surface area (Å²) in [5.41, 5.74) is 6.35. The predicted molar refractivity (Wildman–Crippen MR) is 87.6 cm³/mol. The molecule has 110 valence electrons. The third kappa shape index (κ3) is 3.40. The van der Waals surface area contributed by atoms with E-state index in [4.69, 9.17) is 28.9 Å². The zero-order chi connectivity index (χ0) is 15.0. The van der Waals surface area contributed by atoms with Crippen molar-refractivity contribution in [3.63, 3.8) is 0 Å². The van der Waals surface area contributed by atoms with E-state index < -0.39 is 0 Å². The number of nitrogen functional groups attached to an aromatic ring is 1. The van der Waals surface area contributed by atoms with Crippen LogP contribution in [0.25, 0.3) is 0 Å². The Kier molecular flexibility index (Phi) is 3.93. The number of carbonyl (C=O) groups excluding carboxylic acids is 1. The third-order valence-electron chi connectivity index (χ3n) is 2.94. The Labute approximate surface area is 135 Å². The Morgan fingerprint density at radius 2 is 2.10 bits per heavy atom. The Balaban J connectivity index is 1.74. The summed E-state index contributed by atoms with van der Waals surface area (Å²) in [6.45, 7) is 0. The first-order chi connectivity index (χ1) is 10.0. The molecule has 1 fully saturated rings. The lowest BCUT2D eigenvalue weighted by atomic mass is 10.3. The quantitative estimate of drug-likeness (QED) is 0.788. The minimum absolute atomic E-state index is 0.223. The van der Waals surface area contributed by atoms with Crippen molar-refractivity contribution in [2.75, 3.05) is 16.4 Å². The third-order valence-corrected chi connectivity index (χ3v) is 4.68. The lowest BCUT2D eigenvalue weighted by Gasteiger charge is -2.05. The SMILES string of the molecule is Nc1nc(NC2CC2)sc1C(=O)Nc1ccc(Cl)c(Cl)c1. The highest BCUT2D eigenvalue weighted by molar-refractivity contribution is 7.18. The number of anilines is 3. The average Bonchev–Trinajstić information content (AvgIpc) is 3.16. The van der Waals surface area contributed by atoms with Gasteiger partial charge >= 0.3 is 0 Å². The second-order valence-electron chi connectivity index (χ2n) is 4.74. The number of amides is 1. The van der Waals surface area contributed by atoms with Crippen molar-refractivity contribution in [3.05, 3.63) is 33.1 Å². The van der Waals surface area contributed by atoms with Crippen molar-refractivity contribution in [3.8, 4) is 0 Å². The number of carbonyl (C=O) groups is 1. The van der Waals surface area contributed by atoms with E-state index in [2.05, 4.69) is 15.6 Å². The van der Waals surface area contributed by atoms with E-state index in [0.29, 0.717) is 31.8 Å². The molecule has 21 heavy (non-hydrogen) atoms. The Hall–Kier alpha value is -1.50. The number of halogens is 2. The topological polar surface area (TPSA) is 80.0 Å². The maximum atomic E-state index is 12.2. The van der Waals surface area contributed by atoms with Crippen LogP contribution in [-0.4, -0.2) is 16.9 Å². The normalized spacial score (nSPS) is 14.0. The van der Waals surface area contributed by atoms with Crippen LogP contribution >= 0.6 is 34.5 Å². The van der Waals surface area contributed by atoms with Gasteiger partial charge in [0.25, 0.3) is 5.91 Å². The number of nitrogens with zero attached hydrogens (tertiary/aromatic N) is 1. The van der Waals surface area contributed by atoms with Crippen LogP contribution in [0.1, 0.15) is 22.5 Å². The Bertz CT molecular complexity index is 699. The van der Waals surface area contributed by atoms with Crippen LogP contribution < -0.4 is 16.4 Å². The molecule has 0 atom stereocenters. The average molecular weight is 343 g/mol. The summed E-state index contributed by atoms with van der Waals surface area (Å²) in [6, 6.07) is 5.34. The predicted octanol–water partition coefficient (Wildman–Crippen LogP) is 3.86. The van der Waals surface area contributed by atoms with Gasteiger partial charge in [-0.25, -0.2) is 4.98 Å². The van der Waals surface area contributed by atoms with E-state index in [1.165, 1.54) is 11.3 Å². The fourth-order valence-electron chi connectivity index (χ4n) is 1.72. The molecule has 0 radical (unpaired) electrons. The monoisotopic (exact) mass is 342 g/mol. The van der Waals surface area contributed by atoms with Crippen molar-refractivity contribution >= 4 is 57.1 Å². The summed E-state index contributed by atoms with van der Waals surface area (Å²) in [5.74, 6) is -0.0899. The van der Waals surface area contributed by atoms with Gasteiger partial charge in [0.15, 0.2) is 5.13 Å². The molecule has 0 spiro atoms. The van der Waals surface area contributed by atoms with Gasteiger partial charge in [-0.2, -0.15) is 0 Å². The van der Waals surface area contributed by atoms with Crippen LogP contribution in [0.15, 0.2) is 18.2 Å². The summed E-state index contributed by atoms with van der Waals surface area (Å²) >= 11 is 13.0. The van der Waals surface area contributed by atoms with Crippen LogP contribution in [0.2, 0.25) is 10.0 Å². The number of hydrogen-bond donors (Lipinski definition) is 3. The number of hydrogen-bond acceptors (Lipinski definition) is 5. The molecule has 0 unspecified atom stereocenters. The molecule has 1 heterocycles. The van der Waals surface area contributed by atoms with Crippen molar-refractivity contribution in [2.24, 2.45) is 0 Å². The second kappa shape index (κ2) is 5.71. The summed E-state index contributed by atoms with van der Waals surface area (Å²) in [6.07, 6.45) is 2.26. The van der Waals surface area contributed by atoms with Crippen LogP contribution in [0, 0.1) is 0 Å². The smallest absolute Gasteiger partial charge is 0.269 e. The molecule has 0 bridgehead atoms. The van der Waals surface area contributed by atoms with E-state index in [0.717, 1.165) is 12.8 Å². The number of nitrogens with one attached hydrogen (secondary N) is 2. The minimum Gasteiger partial charge on any atom is -0.382 e. The summed E-state index contributed by atoms with van der Waals surface area (Å²) in [4.78, 5) is 16.8. The summed E-state index contributed by atoms with van der Waals surface area (Å²) < 4.78 is 0. The highest BCUT2D eigenvalue weighted by Gasteiger charge is 2.24. The van der Waals surface area contributed by atoms with Crippen LogP contribution in [0.4, 0.5) is 16.6 Å². The van der Waals surface area contributed by atoms with Gasteiger partial charge in [-0.05, 0) is 31.0 Å². The number of aromatic nitrogens is 1. The van der Waals surface area contributed by atoms with E-state index in [-0.39, 0.29) is 11.7 Å². The van der Waals surface area contributed by atoms with E-state index in [9.17, 15) is 4.79 Å². The molecule has 1 aromatic carbocycles. The summed E-state index contributed by atoms with van der Waals surface area (Å²) in [5, 5.41) is 7.44. The van der Waals surface area contributed by atoms with Gasteiger partial charge in [0, 0.05) is 11.7 Å². The van der Waals surface area contributed by atoms with E-state index in [1.807, 2.05) is 0 Å². The first-order valence-corrected chi connectivity index (χ1v) is 7.89. The number of thiazole rings is 1. The maximum absolute atomic E-state index is 12.2. The van der Waals surface area contributed by atoms with Gasteiger partial charge < -0.3 is 16.4 Å². The van der Waals surface area contributed by atoms with E-state index in [1.54, 1.807) is 18.2 Å². The molecule has 1 saturated carbocycles. The molecular formula is C13H12Cl2N4OS. The Morgan fingerprint density at radius 1 is 1.33 bits per heavy atom. The first-order valence-electron chi connectivity index (χ1n) is 6.32. The molecule has 3 rings (SSSR count). The zero-order valence-electron chi connectivity index (χ0n) is 10.8. The lowest BCUT2D eigenvalue weighted by molar-refractivity contribution is 0.103. The van der Waals surface area contributed by atoms with Gasteiger partial charge in [-0.3, -0.25) is 4.79 Å². The number of nitrogens with two attached hydrogens (primary N) is 1. The molecule has 1 aliphatic rings. The Morgan fingerprint density at radius 3 is 2.76 bits per heavy atom. The van der Waals surface area contributed by atoms with Crippen molar-refractivity contribution in [2.45, 2.75) is 18.9 Å². The van der Waals surface area contributed by atoms with Gasteiger partial charge in [0.05, 0.1) is 10.0 Å². The van der Waals surface area contributed by atoms with Crippen molar-refractivity contribution in [1.29, 1.82) is 0 Å². The van der Waals surface area contributed by atoms with Crippen molar-refractivity contribution in [1.82, 2.24) is 4.98 Å². The van der Waals surface area contributed by atoms with Gasteiger partial charge in [-0.1, -0.05) is 34.5 Å². The standard InChI is InChI=1S/C13H12Cl2N4OS/c14-8-4-3-7(5-9(8)15)17-12(20)10-11(16)19-13(21-10)18-6-1-2-6/h3-6H,1-2,16H2,(H,17,20)(H,18,19). The van der Waals surface area contributed by atoms with Gasteiger partial charge in [0.1, 0.15) is 10.7 Å². The molecule has 2 aromatic rings. The van der Waals surface area contributed by atoms with Crippen molar-refractivity contribution < 1.29 is 4.79 Å². The molecule has 0 aliphatic heterocycles. The molecule has 8 heteroatoms. The fourth-order valence-corrected chi connectivity index (χ4v) is 2.88. The molecular weight excluding hydrogens is 331 g/mol. The highest BCUT2D eigenvalue weighted by atomic mass is 35.5.